The molecule has 0 saturated heterocycles. The zero-order valence-electron chi connectivity index (χ0n) is 7.01. The maximum atomic E-state index is 10.9. The number of esters is 1. The lowest BCUT2D eigenvalue weighted by atomic mass is 9.96. The summed E-state index contributed by atoms with van der Waals surface area (Å²) in [5.74, 6) is -0.128. The van der Waals surface area contributed by atoms with Crippen molar-refractivity contribution in [1.29, 1.82) is 0 Å². The number of ether oxygens (including phenoxy) is 1. The molecular weight excluding hydrogens is 140 g/mol. The second kappa shape index (κ2) is 4.37. The fourth-order valence-electron chi connectivity index (χ4n) is 0.963. The molecule has 0 N–H and O–H groups in total. The molecule has 0 atom stereocenters. The average molecular weight is 155 g/mol. The highest BCUT2D eigenvalue weighted by molar-refractivity contribution is 5.78. The molecule has 1 radical (unpaired) electrons. The lowest BCUT2D eigenvalue weighted by Gasteiger charge is -2.24. The van der Waals surface area contributed by atoms with Crippen LogP contribution in [0.4, 0.5) is 0 Å². The molecule has 1 fully saturated rings. The van der Waals surface area contributed by atoms with Crippen LogP contribution in [0.25, 0.3) is 0 Å². The van der Waals surface area contributed by atoms with Crippen LogP contribution in [0.3, 0.4) is 0 Å². The van der Waals surface area contributed by atoms with Gasteiger partial charge in [-0.15, -0.1) is 0 Å². The highest BCUT2D eigenvalue weighted by atomic mass is 16.5. The normalized spacial score (nSPS) is 17.5. The number of hydrogen-bond acceptors (Lipinski definition) is 2. The van der Waals surface area contributed by atoms with Crippen molar-refractivity contribution >= 4 is 5.97 Å². The summed E-state index contributed by atoms with van der Waals surface area (Å²) in [5.41, 5.74) is 0. The minimum atomic E-state index is -0.128. The van der Waals surface area contributed by atoms with Crippen molar-refractivity contribution in [2.45, 2.75) is 45.1 Å². The van der Waals surface area contributed by atoms with E-state index in [1.165, 1.54) is 6.42 Å². The summed E-state index contributed by atoms with van der Waals surface area (Å²) in [4.78, 5) is 10.9. The van der Waals surface area contributed by atoms with Gasteiger partial charge in [0.25, 0.3) is 0 Å². The van der Waals surface area contributed by atoms with Crippen LogP contribution in [0, 0.1) is 6.42 Å². The number of rotatable bonds is 4. The van der Waals surface area contributed by atoms with Crippen molar-refractivity contribution in [3.8, 4) is 0 Å². The third kappa shape index (κ3) is 2.91. The van der Waals surface area contributed by atoms with E-state index in [2.05, 4.69) is 0 Å². The van der Waals surface area contributed by atoms with Gasteiger partial charge >= 0.3 is 5.97 Å². The molecule has 0 unspecified atom stereocenters. The molecule has 0 aromatic rings. The Balaban J connectivity index is 2.00. The standard InChI is InChI=1S/C9H15O2/c1-2-3-7-9(10)11-8-5-4-6-8/h7-8H,2-6H2,1H3. The van der Waals surface area contributed by atoms with Crippen molar-refractivity contribution in [3.63, 3.8) is 0 Å². The summed E-state index contributed by atoms with van der Waals surface area (Å²) < 4.78 is 5.09. The average Bonchev–Trinajstić information content (AvgIpc) is 1.93. The summed E-state index contributed by atoms with van der Waals surface area (Å²) >= 11 is 0. The van der Waals surface area contributed by atoms with Crippen LogP contribution < -0.4 is 0 Å². The Hall–Kier alpha value is -0.530. The molecule has 0 bridgehead atoms. The lowest BCUT2D eigenvalue weighted by Crippen LogP contribution is -2.25. The van der Waals surface area contributed by atoms with E-state index in [1.807, 2.05) is 6.92 Å². The first-order valence-corrected chi connectivity index (χ1v) is 4.36. The fourth-order valence-corrected chi connectivity index (χ4v) is 0.963. The minimum absolute atomic E-state index is 0.128. The van der Waals surface area contributed by atoms with E-state index in [0.717, 1.165) is 25.7 Å². The lowest BCUT2D eigenvalue weighted by molar-refractivity contribution is -0.148. The number of unbranched alkanes of at least 4 members (excludes halogenated alkanes) is 1. The number of hydrogen-bond donors (Lipinski definition) is 0. The Bertz CT molecular complexity index is 128. The zero-order valence-corrected chi connectivity index (χ0v) is 7.01. The Labute approximate surface area is 67.9 Å². The van der Waals surface area contributed by atoms with Crippen LogP contribution in [0.15, 0.2) is 0 Å². The summed E-state index contributed by atoms with van der Waals surface area (Å²) in [6, 6.07) is 0. The number of carbonyl (C=O) groups excluding carboxylic acids is 1. The van der Waals surface area contributed by atoms with E-state index in [9.17, 15) is 4.79 Å². The molecule has 0 spiro atoms. The van der Waals surface area contributed by atoms with Gasteiger partial charge in [-0.2, -0.15) is 0 Å². The van der Waals surface area contributed by atoms with Crippen molar-refractivity contribution in [2.75, 3.05) is 0 Å². The molecule has 0 aromatic carbocycles. The van der Waals surface area contributed by atoms with E-state index in [1.54, 1.807) is 6.42 Å². The molecule has 0 aliphatic heterocycles. The van der Waals surface area contributed by atoms with E-state index in [-0.39, 0.29) is 12.1 Å². The first kappa shape index (κ1) is 8.57. The highest BCUT2D eigenvalue weighted by Gasteiger charge is 2.20. The molecule has 0 aromatic heterocycles. The summed E-state index contributed by atoms with van der Waals surface area (Å²) in [6.07, 6.45) is 7.06. The molecule has 1 saturated carbocycles. The molecule has 0 heterocycles. The van der Waals surface area contributed by atoms with Crippen LogP contribution >= 0.6 is 0 Å². The quantitative estimate of drug-likeness (QED) is 0.581. The minimum Gasteiger partial charge on any atom is -0.462 e. The molecule has 11 heavy (non-hydrogen) atoms. The molecule has 2 heteroatoms. The van der Waals surface area contributed by atoms with Gasteiger partial charge in [-0.05, 0) is 25.7 Å². The van der Waals surface area contributed by atoms with Gasteiger partial charge < -0.3 is 4.74 Å². The predicted octanol–water partition coefficient (Wildman–Crippen LogP) is 2.09. The van der Waals surface area contributed by atoms with Crippen molar-refractivity contribution in [1.82, 2.24) is 0 Å². The molecule has 1 aliphatic carbocycles. The topological polar surface area (TPSA) is 26.3 Å². The van der Waals surface area contributed by atoms with Crippen LogP contribution in [0.1, 0.15) is 39.0 Å². The molecule has 63 valence electrons. The fraction of sp³-hybridized carbons (Fsp3) is 0.778. The van der Waals surface area contributed by atoms with E-state index < -0.39 is 0 Å². The smallest absolute Gasteiger partial charge is 0.310 e. The predicted molar refractivity (Wildman–Crippen MR) is 42.9 cm³/mol. The van der Waals surface area contributed by atoms with Crippen LogP contribution in [-0.2, 0) is 9.53 Å². The first-order valence-electron chi connectivity index (χ1n) is 4.36. The second-order valence-corrected chi connectivity index (χ2v) is 2.98. The molecular formula is C9H15O2. The summed E-state index contributed by atoms with van der Waals surface area (Å²) in [7, 11) is 0. The van der Waals surface area contributed by atoms with Gasteiger partial charge in [0, 0.05) is 0 Å². The third-order valence-electron chi connectivity index (χ3n) is 1.93. The number of carbonyl (C=O) groups is 1. The van der Waals surface area contributed by atoms with E-state index in [4.69, 9.17) is 4.74 Å². The van der Waals surface area contributed by atoms with Gasteiger partial charge in [0.2, 0.25) is 0 Å². The van der Waals surface area contributed by atoms with Crippen LogP contribution in [0.2, 0.25) is 0 Å². The van der Waals surface area contributed by atoms with Crippen molar-refractivity contribution in [2.24, 2.45) is 0 Å². The maximum absolute atomic E-state index is 10.9. The Morgan fingerprint density at radius 2 is 2.36 bits per heavy atom. The van der Waals surface area contributed by atoms with Crippen molar-refractivity contribution < 1.29 is 9.53 Å². The van der Waals surface area contributed by atoms with Crippen LogP contribution in [-0.4, -0.2) is 12.1 Å². The molecule has 2 nitrogen and oxygen atoms in total. The Kier molecular flexibility index (Phi) is 3.40. The van der Waals surface area contributed by atoms with Gasteiger partial charge in [0.1, 0.15) is 6.10 Å². The van der Waals surface area contributed by atoms with Gasteiger partial charge in [0.15, 0.2) is 0 Å². The monoisotopic (exact) mass is 155 g/mol. The maximum Gasteiger partial charge on any atom is 0.310 e. The van der Waals surface area contributed by atoms with Gasteiger partial charge in [-0.3, -0.25) is 4.79 Å². The SMILES string of the molecule is CCC[CH]C(=O)OC1CCC1. The molecule has 1 aliphatic rings. The van der Waals surface area contributed by atoms with Crippen molar-refractivity contribution in [3.05, 3.63) is 6.42 Å². The van der Waals surface area contributed by atoms with Gasteiger partial charge in [-0.25, -0.2) is 0 Å². The Morgan fingerprint density at radius 1 is 1.64 bits per heavy atom. The zero-order chi connectivity index (χ0) is 8.10. The molecule has 0 amide bonds. The highest BCUT2D eigenvalue weighted by Crippen LogP contribution is 2.22. The van der Waals surface area contributed by atoms with Gasteiger partial charge in [-0.1, -0.05) is 13.3 Å². The van der Waals surface area contributed by atoms with E-state index >= 15 is 0 Å². The Morgan fingerprint density at radius 3 is 2.82 bits per heavy atom. The second-order valence-electron chi connectivity index (χ2n) is 2.98. The summed E-state index contributed by atoms with van der Waals surface area (Å²) in [6.45, 7) is 2.05. The molecule has 1 rings (SSSR count). The largest absolute Gasteiger partial charge is 0.462 e. The summed E-state index contributed by atoms with van der Waals surface area (Å²) in [5, 5.41) is 0. The van der Waals surface area contributed by atoms with Crippen LogP contribution in [0.5, 0.6) is 0 Å². The first-order chi connectivity index (χ1) is 5.33. The van der Waals surface area contributed by atoms with Gasteiger partial charge in [0.05, 0.1) is 6.42 Å². The third-order valence-corrected chi connectivity index (χ3v) is 1.93. The van der Waals surface area contributed by atoms with E-state index in [0.29, 0.717) is 0 Å².